The van der Waals surface area contributed by atoms with Gasteiger partial charge in [-0.3, -0.25) is 9.78 Å². The smallest absolute Gasteiger partial charge is 0.150 e. The summed E-state index contributed by atoms with van der Waals surface area (Å²) in [6.45, 7) is 0.424. The second-order valence-electron chi connectivity index (χ2n) is 4.59. The van der Waals surface area contributed by atoms with E-state index in [0.29, 0.717) is 17.9 Å². The molecule has 0 aliphatic heterocycles. The number of hydrogen-bond acceptors (Lipinski definition) is 3. The monoisotopic (exact) mass is 341 g/mol. The first kappa shape index (κ1) is 13.8. The zero-order chi connectivity index (χ0) is 14.7. The Balaban J connectivity index is 1.85. The van der Waals surface area contributed by atoms with E-state index in [4.69, 9.17) is 4.74 Å². The molecule has 1 heterocycles. The van der Waals surface area contributed by atoms with Crippen LogP contribution in [0.3, 0.4) is 0 Å². The Labute approximate surface area is 130 Å². The number of para-hydroxylation sites is 1. The fraction of sp³-hybridized carbons (Fsp3) is 0.0588. The van der Waals surface area contributed by atoms with Crippen LogP contribution in [0.4, 0.5) is 0 Å². The summed E-state index contributed by atoms with van der Waals surface area (Å²) in [5, 5.41) is 1.09. The number of hydrogen-bond donors (Lipinski definition) is 0. The number of pyridine rings is 1. The standard InChI is InChI=1S/C17H12BrNO2/c18-15-9-12(10-20)6-7-16(15)21-11-14-4-1-3-13-5-2-8-19-17(13)14/h1-10H,11H2. The Morgan fingerprint density at radius 2 is 2.00 bits per heavy atom. The molecule has 0 radical (unpaired) electrons. The maximum Gasteiger partial charge on any atom is 0.150 e. The fourth-order valence-corrected chi connectivity index (χ4v) is 2.66. The van der Waals surface area contributed by atoms with Gasteiger partial charge in [0.2, 0.25) is 0 Å². The van der Waals surface area contributed by atoms with Crippen molar-refractivity contribution in [3.63, 3.8) is 0 Å². The van der Waals surface area contributed by atoms with Crippen molar-refractivity contribution in [2.24, 2.45) is 0 Å². The first-order valence-electron chi connectivity index (χ1n) is 6.48. The first-order valence-corrected chi connectivity index (χ1v) is 7.27. The van der Waals surface area contributed by atoms with Crippen LogP contribution < -0.4 is 4.74 Å². The lowest BCUT2D eigenvalue weighted by atomic mass is 10.1. The third-order valence-electron chi connectivity index (χ3n) is 3.19. The van der Waals surface area contributed by atoms with Gasteiger partial charge < -0.3 is 4.74 Å². The quantitative estimate of drug-likeness (QED) is 0.660. The van der Waals surface area contributed by atoms with Gasteiger partial charge in [0.1, 0.15) is 18.6 Å². The van der Waals surface area contributed by atoms with E-state index in [1.807, 2.05) is 30.3 Å². The van der Waals surface area contributed by atoms with Crippen molar-refractivity contribution < 1.29 is 9.53 Å². The minimum Gasteiger partial charge on any atom is -0.488 e. The molecule has 0 bridgehead atoms. The predicted molar refractivity (Wildman–Crippen MR) is 85.6 cm³/mol. The topological polar surface area (TPSA) is 39.2 Å². The average molecular weight is 342 g/mol. The molecule has 0 spiro atoms. The predicted octanol–water partition coefficient (Wildman–Crippen LogP) is 4.39. The molecule has 2 aromatic carbocycles. The van der Waals surface area contributed by atoms with Gasteiger partial charge in [0.25, 0.3) is 0 Å². The van der Waals surface area contributed by atoms with Crippen LogP contribution in [-0.4, -0.2) is 11.3 Å². The summed E-state index contributed by atoms with van der Waals surface area (Å²) in [5.41, 5.74) is 2.58. The van der Waals surface area contributed by atoms with Gasteiger partial charge in [-0.05, 0) is 40.2 Å². The van der Waals surface area contributed by atoms with E-state index in [0.717, 1.165) is 27.2 Å². The third-order valence-corrected chi connectivity index (χ3v) is 3.81. The zero-order valence-electron chi connectivity index (χ0n) is 11.1. The molecular formula is C17H12BrNO2. The Morgan fingerprint density at radius 1 is 1.14 bits per heavy atom. The summed E-state index contributed by atoms with van der Waals surface area (Å²) in [6.07, 6.45) is 2.59. The van der Waals surface area contributed by atoms with Gasteiger partial charge in [-0.1, -0.05) is 24.3 Å². The second kappa shape index (κ2) is 6.06. The van der Waals surface area contributed by atoms with Crippen molar-refractivity contribution in [1.29, 1.82) is 0 Å². The minimum atomic E-state index is 0.424. The van der Waals surface area contributed by atoms with Crippen molar-refractivity contribution in [1.82, 2.24) is 4.98 Å². The van der Waals surface area contributed by atoms with E-state index in [1.54, 1.807) is 24.4 Å². The summed E-state index contributed by atoms with van der Waals surface area (Å²) < 4.78 is 6.59. The highest BCUT2D eigenvalue weighted by Crippen LogP contribution is 2.27. The van der Waals surface area contributed by atoms with E-state index >= 15 is 0 Å². The number of aromatic nitrogens is 1. The molecule has 3 rings (SSSR count). The maximum atomic E-state index is 10.7. The van der Waals surface area contributed by atoms with Crippen molar-refractivity contribution in [2.45, 2.75) is 6.61 Å². The molecule has 0 amide bonds. The molecule has 4 heteroatoms. The molecule has 0 unspecified atom stereocenters. The number of nitrogens with zero attached hydrogens (tertiary/aromatic N) is 1. The van der Waals surface area contributed by atoms with E-state index in [2.05, 4.69) is 20.9 Å². The summed E-state index contributed by atoms with van der Waals surface area (Å²) in [6, 6.07) is 15.2. The van der Waals surface area contributed by atoms with Crippen LogP contribution in [0.5, 0.6) is 5.75 Å². The van der Waals surface area contributed by atoms with E-state index in [-0.39, 0.29) is 0 Å². The van der Waals surface area contributed by atoms with Gasteiger partial charge in [-0.25, -0.2) is 0 Å². The number of carbonyl (C=O) groups is 1. The Morgan fingerprint density at radius 3 is 2.81 bits per heavy atom. The van der Waals surface area contributed by atoms with E-state index in [9.17, 15) is 4.79 Å². The molecule has 0 aliphatic rings. The highest BCUT2D eigenvalue weighted by atomic mass is 79.9. The van der Waals surface area contributed by atoms with Crippen LogP contribution in [0, 0.1) is 0 Å². The summed E-state index contributed by atoms with van der Waals surface area (Å²) in [7, 11) is 0. The van der Waals surface area contributed by atoms with Crippen LogP contribution in [0.15, 0.2) is 59.2 Å². The molecule has 1 aromatic heterocycles. The minimum absolute atomic E-state index is 0.424. The Kier molecular flexibility index (Phi) is 3.97. The van der Waals surface area contributed by atoms with Crippen molar-refractivity contribution in [3.8, 4) is 5.75 Å². The van der Waals surface area contributed by atoms with Gasteiger partial charge in [-0.15, -0.1) is 0 Å². The van der Waals surface area contributed by atoms with Crippen LogP contribution in [0.2, 0.25) is 0 Å². The van der Waals surface area contributed by atoms with Crippen LogP contribution in [0.1, 0.15) is 15.9 Å². The maximum absolute atomic E-state index is 10.7. The van der Waals surface area contributed by atoms with Crippen LogP contribution >= 0.6 is 15.9 Å². The number of benzene rings is 2. The molecule has 0 saturated heterocycles. The molecule has 0 aliphatic carbocycles. The largest absolute Gasteiger partial charge is 0.488 e. The van der Waals surface area contributed by atoms with Crippen molar-refractivity contribution >= 4 is 33.1 Å². The molecule has 0 N–H and O–H groups in total. The number of halogens is 1. The normalized spacial score (nSPS) is 10.5. The van der Waals surface area contributed by atoms with Crippen molar-refractivity contribution in [3.05, 3.63) is 70.3 Å². The highest BCUT2D eigenvalue weighted by Gasteiger charge is 2.06. The number of carbonyl (C=O) groups excluding carboxylic acids is 1. The molecule has 0 saturated carbocycles. The Bertz CT molecular complexity index is 796. The fourth-order valence-electron chi connectivity index (χ4n) is 2.15. The lowest BCUT2D eigenvalue weighted by molar-refractivity contribution is 0.112. The number of fused-ring (bicyclic) bond motifs is 1. The average Bonchev–Trinajstić information content (AvgIpc) is 2.53. The second-order valence-corrected chi connectivity index (χ2v) is 5.44. The number of rotatable bonds is 4. The SMILES string of the molecule is O=Cc1ccc(OCc2cccc3cccnc23)c(Br)c1. The van der Waals surface area contributed by atoms with E-state index < -0.39 is 0 Å². The van der Waals surface area contributed by atoms with Gasteiger partial charge in [-0.2, -0.15) is 0 Å². The van der Waals surface area contributed by atoms with E-state index in [1.165, 1.54) is 0 Å². The number of ether oxygens (including phenoxy) is 1. The lowest BCUT2D eigenvalue weighted by Gasteiger charge is -2.10. The van der Waals surface area contributed by atoms with Crippen LogP contribution in [0.25, 0.3) is 10.9 Å². The summed E-state index contributed by atoms with van der Waals surface area (Å²) in [4.78, 5) is 15.1. The molecule has 104 valence electrons. The van der Waals surface area contributed by atoms with Gasteiger partial charge in [0.15, 0.2) is 0 Å². The molecule has 0 atom stereocenters. The van der Waals surface area contributed by atoms with Gasteiger partial charge >= 0.3 is 0 Å². The lowest BCUT2D eigenvalue weighted by Crippen LogP contribution is -1.98. The molecule has 21 heavy (non-hydrogen) atoms. The van der Waals surface area contributed by atoms with Crippen LogP contribution in [-0.2, 0) is 6.61 Å². The Hall–Kier alpha value is -2.20. The van der Waals surface area contributed by atoms with Gasteiger partial charge in [0.05, 0.1) is 9.99 Å². The zero-order valence-corrected chi connectivity index (χ0v) is 12.7. The third kappa shape index (κ3) is 2.95. The molecule has 3 aromatic rings. The number of aldehydes is 1. The summed E-state index contributed by atoms with van der Waals surface area (Å²) >= 11 is 3.41. The summed E-state index contributed by atoms with van der Waals surface area (Å²) in [5.74, 6) is 0.702. The molecule has 3 nitrogen and oxygen atoms in total. The molecule has 0 fully saturated rings. The van der Waals surface area contributed by atoms with Gasteiger partial charge in [0, 0.05) is 22.7 Å². The first-order chi connectivity index (χ1) is 10.3. The van der Waals surface area contributed by atoms with Crippen molar-refractivity contribution in [2.75, 3.05) is 0 Å². The molecular weight excluding hydrogens is 330 g/mol. The highest BCUT2D eigenvalue weighted by molar-refractivity contribution is 9.10.